The van der Waals surface area contributed by atoms with Crippen LogP contribution in [0.25, 0.3) is 10.1 Å². The summed E-state index contributed by atoms with van der Waals surface area (Å²) in [6.07, 6.45) is -1.07. The molecule has 2 aromatic carbocycles. The number of amides is 1. The fourth-order valence-corrected chi connectivity index (χ4v) is 3.99. The molecule has 0 aliphatic heterocycles. The van der Waals surface area contributed by atoms with Crippen molar-refractivity contribution < 1.29 is 24.0 Å². The van der Waals surface area contributed by atoms with Crippen LogP contribution in [0.15, 0.2) is 59.1 Å². The van der Waals surface area contributed by atoms with Crippen molar-refractivity contribution in [3.05, 3.63) is 82.1 Å². The lowest BCUT2D eigenvalue weighted by molar-refractivity contribution is 0.0697. The number of hydrogen-bond donors (Lipinski definition) is 2. The first-order chi connectivity index (χ1) is 15.4. The van der Waals surface area contributed by atoms with Gasteiger partial charge in [-0.3, -0.25) is 5.32 Å². The molecule has 4 rings (SSSR count). The number of carboxylic acids is 1. The van der Waals surface area contributed by atoms with Crippen LogP contribution in [-0.4, -0.2) is 22.3 Å². The van der Waals surface area contributed by atoms with Gasteiger partial charge >= 0.3 is 12.1 Å². The van der Waals surface area contributed by atoms with Gasteiger partial charge in [-0.25, -0.2) is 9.59 Å². The molecule has 4 aromatic rings. The van der Waals surface area contributed by atoms with E-state index in [9.17, 15) is 9.59 Å². The third-order valence-electron chi connectivity index (χ3n) is 4.71. The number of carbonyl (C=O) groups is 2. The Labute approximate surface area is 187 Å². The number of hydrogen-bond acceptors (Lipinski definition) is 6. The van der Waals surface area contributed by atoms with E-state index in [2.05, 4.69) is 22.3 Å². The summed E-state index contributed by atoms with van der Waals surface area (Å²) in [5.41, 5.74) is 1.91. The van der Waals surface area contributed by atoms with Gasteiger partial charge in [-0.2, -0.15) is 0 Å². The maximum Gasteiger partial charge on any atom is 0.412 e. The Morgan fingerprint density at radius 3 is 2.69 bits per heavy atom. The fraction of sp³-hybridized carbons (Fsp3) is 0.125. The minimum Gasteiger partial charge on any atom is -0.478 e. The van der Waals surface area contributed by atoms with Crippen LogP contribution < -0.4 is 5.32 Å². The zero-order chi connectivity index (χ0) is 22.7. The summed E-state index contributed by atoms with van der Waals surface area (Å²) in [7, 11) is 0. The number of aromatic carboxylic acids is 1. The van der Waals surface area contributed by atoms with Crippen molar-refractivity contribution >= 4 is 39.2 Å². The summed E-state index contributed by atoms with van der Waals surface area (Å²) < 4.78 is 11.5. The number of nitrogens with zero attached hydrogens (tertiary/aromatic N) is 1. The van der Waals surface area contributed by atoms with Gasteiger partial charge in [0.15, 0.2) is 0 Å². The van der Waals surface area contributed by atoms with Crippen LogP contribution in [0.5, 0.6) is 0 Å². The molecule has 160 valence electrons. The number of benzene rings is 2. The summed E-state index contributed by atoms with van der Waals surface area (Å²) in [6.45, 7) is 3.48. The Morgan fingerprint density at radius 2 is 1.94 bits per heavy atom. The van der Waals surface area contributed by atoms with Crippen LogP contribution in [0.4, 0.5) is 10.5 Å². The number of fused-ring (bicyclic) bond motifs is 1. The Hall–Kier alpha value is -4.09. The van der Waals surface area contributed by atoms with Crippen molar-refractivity contribution in [2.45, 2.75) is 20.0 Å². The molecule has 2 heterocycles. The monoisotopic (exact) mass is 446 g/mol. The van der Waals surface area contributed by atoms with Crippen molar-refractivity contribution in [3.63, 3.8) is 0 Å². The lowest BCUT2D eigenvalue weighted by Crippen LogP contribution is -2.16. The highest BCUT2D eigenvalue weighted by Crippen LogP contribution is 2.27. The molecule has 0 saturated carbocycles. The Morgan fingerprint density at radius 1 is 1.16 bits per heavy atom. The van der Waals surface area contributed by atoms with E-state index in [0.29, 0.717) is 11.4 Å². The topological polar surface area (TPSA) is 102 Å². The van der Waals surface area contributed by atoms with Gasteiger partial charge in [0.1, 0.15) is 17.5 Å². The molecule has 0 aliphatic carbocycles. The van der Waals surface area contributed by atoms with Crippen LogP contribution >= 0.6 is 11.3 Å². The van der Waals surface area contributed by atoms with Gasteiger partial charge in [-0.15, -0.1) is 11.3 Å². The Kier molecular flexibility index (Phi) is 5.92. The van der Waals surface area contributed by atoms with Gasteiger partial charge in [-0.05, 0) is 54.8 Å². The van der Waals surface area contributed by atoms with Crippen molar-refractivity contribution in [1.29, 1.82) is 0 Å². The van der Waals surface area contributed by atoms with Gasteiger partial charge in [0.25, 0.3) is 0 Å². The van der Waals surface area contributed by atoms with Crippen LogP contribution in [0.3, 0.4) is 0 Å². The van der Waals surface area contributed by atoms with E-state index in [1.54, 1.807) is 32.0 Å². The molecule has 2 aromatic heterocycles. The largest absolute Gasteiger partial charge is 0.478 e. The molecule has 0 fully saturated rings. The van der Waals surface area contributed by atoms with Crippen LogP contribution in [-0.2, 0) is 4.74 Å². The zero-order valence-corrected chi connectivity index (χ0v) is 18.0. The third kappa shape index (κ3) is 4.63. The quantitative estimate of drug-likeness (QED) is 0.395. The van der Waals surface area contributed by atoms with Gasteiger partial charge in [-0.1, -0.05) is 41.6 Å². The van der Waals surface area contributed by atoms with Gasteiger partial charge in [0.05, 0.1) is 10.4 Å². The van der Waals surface area contributed by atoms with Gasteiger partial charge < -0.3 is 14.4 Å². The van der Waals surface area contributed by atoms with E-state index in [4.69, 9.17) is 14.4 Å². The van der Waals surface area contributed by atoms with Crippen LogP contribution in [0.1, 0.15) is 45.3 Å². The normalized spacial score (nSPS) is 11.4. The molecular formula is C24H18N2O5S. The van der Waals surface area contributed by atoms with E-state index in [-0.39, 0.29) is 11.3 Å². The summed E-state index contributed by atoms with van der Waals surface area (Å²) in [5.74, 6) is 5.10. The smallest absolute Gasteiger partial charge is 0.412 e. The van der Waals surface area contributed by atoms with Crippen molar-refractivity contribution in [2.24, 2.45) is 0 Å². The molecule has 0 bridgehead atoms. The van der Waals surface area contributed by atoms with Gasteiger partial charge in [0, 0.05) is 4.70 Å². The summed E-state index contributed by atoms with van der Waals surface area (Å²) in [4.78, 5) is 24.3. The standard InChI is InChI=1S/C24H18N2O5S/c1-14-22(25-24(29)30-15(2)16-6-4-3-5-7-16)20(31-26-14)11-10-19-12-17-8-9-18(23(27)28)13-21(17)32-19/h3-9,12-13,15H,1-2H3,(H,25,29)(H,27,28). The maximum absolute atomic E-state index is 12.4. The molecule has 32 heavy (non-hydrogen) atoms. The number of nitrogens with one attached hydrogen (secondary N) is 1. The van der Waals surface area contributed by atoms with Gasteiger partial charge in [0.2, 0.25) is 5.76 Å². The van der Waals surface area contributed by atoms with Crippen molar-refractivity contribution in [2.75, 3.05) is 5.32 Å². The first kappa shape index (κ1) is 21.2. The molecule has 7 nitrogen and oxygen atoms in total. The highest BCUT2D eigenvalue weighted by molar-refractivity contribution is 7.19. The second-order valence-electron chi connectivity index (χ2n) is 6.97. The Bertz CT molecular complexity index is 1360. The molecule has 0 aliphatic rings. The second kappa shape index (κ2) is 8.96. The average Bonchev–Trinajstić information content (AvgIpc) is 3.35. The number of aryl methyl sites for hydroxylation is 1. The highest BCUT2D eigenvalue weighted by atomic mass is 32.1. The number of carboxylic acid groups (broad SMARTS) is 1. The molecule has 1 amide bonds. The number of anilines is 1. The minimum absolute atomic E-state index is 0.204. The van der Waals surface area contributed by atoms with E-state index in [1.807, 2.05) is 36.4 Å². The predicted molar refractivity (Wildman–Crippen MR) is 121 cm³/mol. The van der Waals surface area contributed by atoms with Crippen molar-refractivity contribution in [1.82, 2.24) is 5.16 Å². The first-order valence-corrected chi connectivity index (χ1v) is 10.5. The third-order valence-corrected chi connectivity index (χ3v) is 5.72. The highest BCUT2D eigenvalue weighted by Gasteiger charge is 2.17. The van der Waals surface area contributed by atoms with Crippen LogP contribution in [0, 0.1) is 18.8 Å². The number of carbonyl (C=O) groups excluding carboxylic acids is 1. The summed E-state index contributed by atoms with van der Waals surface area (Å²) in [6, 6.07) is 16.2. The first-order valence-electron chi connectivity index (χ1n) is 9.68. The molecule has 8 heteroatoms. The number of ether oxygens (including phenoxy) is 1. The maximum atomic E-state index is 12.4. The number of thiophene rings is 1. The van der Waals surface area contributed by atoms with Crippen LogP contribution in [0.2, 0.25) is 0 Å². The predicted octanol–water partition coefficient (Wildman–Crippen LogP) is 5.61. The molecule has 1 atom stereocenters. The summed E-state index contributed by atoms with van der Waals surface area (Å²) >= 11 is 1.37. The Balaban J connectivity index is 1.51. The molecule has 1 unspecified atom stereocenters. The molecular weight excluding hydrogens is 428 g/mol. The molecule has 0 spiro atoms. The summed E-state index contributed by atoms with van der Waals surface area (Å²) in [5, 5.41) is 16.6. The lowest BCUT2D eigenvalue weighted by Gasteiger charge is -2.13. The molecule has 0 radical (unpaired) electrons. The fourth-order valence-electron chi connectivity index (χ4n) is 3.03. The average molecular weight is 446 g/mol. The van der Waals surface area contributed by atoms with E-state index in [0.717, 1.165) is 20.5 Å². The molecule has 0 saturated heterocycles. The van der Waals surface area contributed by atoms with E-state index < -0.39 is 18.2 Å². The number of aromatic nitrogens is 1. The molecule has 2 N–H and O–H groups in total. The number of rotatable bonds is 4. The minimum atomic E-state index is -0.978. The zero-order valence-electron chi connectivity index (χ0n) is 17.2. The van der Waals surface area contributed by atoms with E-state index in [1.165, 1.54) is 11.3 Å². The van der Waals surface area contributed by atoms with E-state index >= 15 is 0 Å². The SMILES string of the molecule is Cc1noc(C#Cc2cc3ccc(C(=O)O)cc3s2)c1NC(=O)OC(C)c1ccccc1. The van der Waals surface area contributed by atoms with Crippen molar-refractivity contribution in [3.8, 4) is 11.8 Å². The lowest BCUT2D eigenvalue weighted by atomic mass is 10.1. The second-order valence-corrected chi connectivity index (χ2v) is 8.06.